The number of amides is 1. The van der Waals surface area contributed by atoms with Crippen molar-refractivity contribution in [1.29, 1.82) is 0 Å². The fourth-order valence-electron chi connectivity index (χ4n) is 3.22. The molecule has 0 radical (unpaired) electrons. The summed E-state index contributed by atoms with van der Waals surface area (Å²) in [6.07, 6.45) is 4.42. The number of hydrogen-bond acceptors (Lipinski definition) is 3. The second kappa shape index (κ2) is 9.78. The quantitative estimate of drug-likeness (QED) is 0.418. The molecule has 4 nitrogen and oxygen atoms in total. The molecular formula is C26H21N3OS. The van der Waals surface area contributed by atoms with Gasteiger partial charge in [-0.1, -0.05) is 54.6 Å². The molecule has 0 aliphatic rings. The minimum atomic E-state index is -0.244. The smallest absolute Gasteiger partial charge is 0.257 e. The van der Waals surface area contributed by atoms with Gasteiger partial charge in [-0.3, -0.25) is 15.1 Å². The number of nitrogens with one attached hydrogen (secondary N) is 2. The molecule has 4 rings (SSSR count). The second-order valence-electron chi connectivity index (χ2n) is 7.08. The second-order valence-corrected chi connectivity index (χ2v) is 7.49. The van der Waals surface area contributed by atoms with Gasteiger partial charge in [-0.05, 0) is 77.3 Å². The lowest BCUT2D eigenvalue weighted by Crippen LogP contribution is -2.34. The maximum absolute atomic E-state index is 12.5. The van der Waals surface area contributed by atoms with E-state index in [9.17, 15) is 4.79 Å². The third-order valence-electron chi connectivity index (χ3n) is 4.85. The molecule has 1 heterocycles. The first-order chi connectivity index (χ1) is 15.2. The van der Waals surface area contributed by atoms with Crippen LogP contribution in [0.2, 0.25) is 0 Å². The van der Waals surface area contributed by atoms with E-state index in [-0.39, 0.29) is 11.0 Å². The number of thiocarbonyl (C=S) groups is 1. The summed E-state index contributed by atoms with van der Waals surface area (Å²) in [6.45, 7) is 0. The molecule has 1 amide bonds. The van der Waals surface area contributed by atoms with Crippen LogP contribution in [0.1, 0.15) is 21.5 Å². The number of nitrogens with zero attached hydrogens (tertiary/aromatic N) is 1. The van der Waals surface area contributed by atoms with Crippen molar-refractivity contribution in [2.75, 3.05) is 5.32 Å². The molecule has 0 unspecified atom stereocenters. The highest BCUT2D eigenvalue weighted by atomic mass is 32.1. The number of carbonyl (C=O) groups excluding carboxylic acids is 1. The molecule has 0 fully saturated rings. The highest BCUT2D eigenvalue weighted by Crippen LogP contribution is 2.19. The zero-order valence-corrected chi connectivity index (χ0v) is 17.6. The molecule has 2 N–H and O–H groups in total. The van der Waals surface area contributed by atoms with E-state index in [1.54, 1.807) is 24.5 Å². The van der Waals surface area contributed by atoms with Gasteiger partial charge in [0.2, 0.25) is 0 Å². The molecular weight excluding hydrogens is 402 g/mol. The Labute approximate surface area is 187 Å². The van der Waals surface area contributed by atoms with Crippen LogP contribution in [0.25, 0.3) is 11.1 Å². The first-order valence-corrected chi connectivity index (χ1v) is 10.3. The zero-order valence-electron chi connectivity index (χ0n) is 16.8. The first-order valence-electron chi connectivity index (χ1n) is 9.93. The summed E-state index contributed by atoms with van der Waals surface area (Å²) in [6, 6.07) is 29.5. The summed E-state index contributed by atoms with van der Waals surface area (Å²) in [5, 5.41) is 6.06. The third kappa shape index (κ3) is 5.62. The van der Waals surface area contributed by atoms with Gasteiger partial charge >= 0.3 is 0 Å². The molecule has 0 aliphatic heterocycles. The van der Waals surface area contributed by atoms with E-state index in [0.717, 1.165) is 23.2 Å². The van der Waals surface area contributed by atoms with Gasteiger partial charge in [0.1, 0.15) is 0 Å². The molecule has 3 aromatic carbocycles. The van der Waals surface area contributed by atoms with E-state index in [4.69, 9.17) is 12.2 Å². The number of carbonyl (C=O) groups is 1. The van der Waals surface area contributed by atoms with Crippen molar-refractivity contribution in [3.05, 3.63) is 120 Å². The number of benzene rings is 3. The summed E-state index contributed by atoms with van der Waals surface area (Å²) in [5.74, 6) is -0.244. The Kier molecular flexibility index (Phi) is 6.45. The molecule has 0 aliphatic carbocycles. The summed E-state index contributed by atoms with van der Waals surface area (Å²) in [4.78, 5) is 16.5. The van der Waals surface area contributed by atoms with E-state index in [1.807, 2.05) is 78.9 Å². The molecule has 152 valence electrons. The van der Waals surface area contributed by atoms with Crippen LogP contribution in [-0.4, -0.2) is 16.0 Å². The average Bonchev–Trinajstić information content (AvgIpc) is 2.82. The fraction of sp³-hybridized carbons (Fsp3) is 0.0385. The van der Waals surface area contributed by atoms with Crippen LogP contribution in [0.3, 0.4) is 0 Å². The minimum Gasteiger partial charge on any atom is -0.332 e. The molecule has 31 heavy (non-hydrogen) atoms. The number of anilines is 1. The summed E-state index contributed by atoms with van der Waals surface area (Å²) in [7, 11) is 0. The van der Waals surface area contributed by atoms with Crippen LogP contribution in [0.15, 0.2) is 103 Å². The Morgan fingerprint density at radius 3 is 2.03 bits per heavy atom. The molecule has 5 heteroatoms. The molecule has 0 spiro atoms. The lowest BCUT2D eigenvalue weighted by atomic mass is 10.0. The standard InChI is InChI=1S/C26H21N3OS/c30-25(23-10-8-22(9-11-23)21-4-2-1-3-5-21)29-26(31)28-24-12-6-19(7-13-24)18-20-14-16-27-17-15-20/h1-17H,18H2,(H2,28,29,30,31). The normalized spacial score (nSPS) is 10.3. The predicted molar refractivity (Wildman–Crippen MR) is 129 cm³/mol. The molecule has 4 aromatic rings. The van der Waals surface area contributed by atoms with Crippen molar-refractivity contribution < 1.29 is 4.79 Å². The van der Waals surface area contributed by atoms with Crippen molar-refractivity contribution >= 4 is 28.9 Å². The Hall–Kier alpha value is -3.83. The van der Waals surface area contributed by atoms with Gasteiger partial charge in [0, 0.05) is 23.6 Å². The monoisotopic (exact) mass is 423 g/mol. The van der Waals surface area contributed by atoms with E-state index < -0.39 is 0 Å². The van der Waals surface area contributed by atoms with Crippen molar-refractivity contribution in [2.24, 2.45) is 0 Å². The van der Waals surface area contributed by atoms with Gasteiger partial charge in [-0.25, -0.2) is 0 Å². The topological polar surface area (TPSA) is 54.0 Å². The van der Waals surface area contributed by atoms with Crippen molar-refractivity contribution in [3.8, 4) is 11.1 Å². The highest BCUT2D eigenvalue weighted by Gasteiger charge is 2.08. The number of aromatic nitrogens is 1. The molecule has 0 bridgehead atoms. The van der Waals surface area contributed by atoms with Crippen LogP contribution >= 0.6 is 12.2 Å². The Balaban J connectivity index is 1.32. The highest BCUT2D eigenvalue weighted by molar-refractivity contribution is 7.80. The van der Waals surface area contributed by atoms with Crippen LogP contribution in [0.5, 0.6) is 0 Å². The lowest BCUT2D eigenvalue weighted by molar-refractivity contribution is 0.0978. The Bertz CT molecular complexity index is 1160. The van der Waals surface area contributed by atoms with Crippen LogP contribution < -0.4 is 10.6 Å². The van der Waals surface area contributed by atoms with Crippen molar-refractivity contribution in [1.82, 2.24) is 10.3 Å². The SMILES string of the molecule is O=C(NC(=S)Nc1ccc(Cc2ccncc2)cc1)c1ccc(-c2ccccc2)cc1. The average molecular weight is 424 g/mol. The molecule has 0 atom stereocenters. The number of rotatable bonds is 5. The first kappa shape index (κ1) is 20.4. The van der Waals surface area contributed by atoms with E-state index in [2.05, 4.69) is 15.6 Å². The van der Waals surface area contributed by atoms with Crippen molar-refractivity contribution in [2.45, 2.75) is 6.42 Å². The van der Waals surface area contributed by atoms with Gasteiger partial charge in [0.25, 0.3) is 5.91 Å². The van der Waals surface area contributed by atoms with Gasteiger partial charge in [0.15, 0.2) is 5.11 Å². The van der Waals surface area contributed by atoms with E-state index in [1.165, 1.54) is 11.1 Å². The zero-order chi connectivity index (χ0) is 21.5. The van der Waals surface area contributed by atoms with Crippen LogP contribution in [0, 0.1) is 0 Å². The summed E-state index contributed by atoms with van der Waals surface area (Å²) < 4.78 is 0. The van der Waals surface area contributed by atoms with Crippen LogP contribution in [-0.2, 0) is 6.42 Å². The molecule has 0 saturated carbocycles. The number of pyridine rings is 1. The van der Waals surface area contributed by atoms with Gasteiger partial charge < -0.3 is 5.32 Å². The molecule has 1 aromatic heterocycles. The number of hydrogen-bond donors (Lipinski definition) is 2. The fourth-order valence-corrected chi connectivity index (χ4v) is 3.44. The minimum absolute atomic E-state index is 0.244. The van der Waals surface area contributed by atoms with Gasteiger partial charge in [0.05, 0.1) is 0 Å². The lowest BCUT2D eigenvalue weighted by Gasteiger charge is -2.11. The Morgan fingerprint density at radius 1 is 0.742 bits per heavy atom. The largest absolute Gasteiger partial charge is 0.332 e. The summed E-state index contributed by atoms with van der Waals surface area (Å²) >= 11 is 5.30. The predicted octanol–water partition coefficient (Wildman–Crippen LogP) is 5.47. The van der Waals surface area contributed by atoms with E-state index >= 15 is 0 Å². The van der Waals surface area contributed by atoms with Crippen LogP contribution in [0.4, 0.5) is 5.69 Å². The van der Waals surface area contributed by atoms with Gasteiger partial charge in [-0.15, -0.1) is 0 Å². The third-order valence-corrected chi connectivity index (χ3v) is 5.05. The van der Waals surface area contributed by atoms with E-state index in [0.29, 0.717) is 5.56 Å². The maximum atomic E-state index is 12.5. The molecule has 0 saturated heterocycles. The maximum Gasteiger partial charge on any atom is 0.257 e. The van der Waals surface area contributed by atoms with Crippen molar-refractivity contribution in [3.63, 3.8) is 0 Å². The summed E-state index contributed by atoms with van der Waals surface area (Å²) in [5.41, 5.74) is 5.94. The van der Waals surface area contributed by atoms with Gasteiger partial charge in [-0.2, -0.15) is 0 Å². The Morgan fingerprint density at radius 2 is 1.35 bits per heavy atom.